The standard InChI is InChI=1S/C21H24N2S/c1-5-21(4)11-10-15(14(2)3)19(20(21)23-13-24)17-12-22-18-9-7-6-8-16(17)18/h5-9,12,15,19-20,22H,1-2,10-11H2,3-4H3/t15-,19+,20-,21+/m0/s1. The van der Waals surface area contributed by atoms with E-state index in [1.165, 1.54) is 16.5 Å². The first-order valence-corrected chi connectivity index (χ1v) is 8.84. The van der Waals surface area contributed by atoms with Gasteiger partial charge in [-0.3, -0.25) is 0 Å². The highest BCUT2D eigenvalue weighted by atomic mass is 32.1. The van der Waals surface area contributed by atoms with E-state index >= 15 is 0 Å². The minimum absolute atomic E-state index is 0.0298. The van der Waals surface area contributed by atoms with Crippen molar-refractivity contribution in [2.75, 3.05) is 0 Å². The van der Waals surface area contributed by atoms with E-state index in [1.807, 2.05) is 6.08 Å². The van der Waals surface area contributed by atoms with E-state index in [0.717, 1.165) is 18.4 Å². The highest BCUT2D eigenvalue weighted by molar-refractivity contribution is 7.78. The van der Waals surface area contributed by atoms with Gasteiger partial charge in [-0.25, -0.2) is 4.99 Å². The van der Waals surface area contributed by atoms with Crippen LogP contribution in [0.25, 0.3) is 10.9 Å². The lowest BCUT2D eigenvalue weighted by molar-refractivity contribution is 0.174. The first-order valence-electron chi connectivity index (χ1n) is 8.44. The summed E-state index contributed by atoms with van der Waals surface area (Å²) in [7, 11) is 0. The van der Waals surface area contributed by atoms with E-state index in [4.69, 9.17) is 12.2 Å². The molecule has 0 saturated heterocycles. The monoisotopic (exact) mass is 336 g/mol. The number of nitrogens with one attached hydrogen (secondary N) is 1. The van der Waals surface area contributed by atoms with Crippen molar-refractivity contribution in [1.82, 2.24) is 4.98 Å². The number of rotatable bonds is 4. The van der Waals surface area contributed by atoms with Crippen molar-refractivity contribution < 1.29 is 0 Å². The molecule has 1 aromatic carbocycles. The van der Waals surface area contributed by atoms with Crippen molar-refractivity contribution >= 4 is 28.3 Å². The summed E-state index contributed by atoms with van der Waals surface area (Å²) in [6.45, 7) is 12.7. The van der Waals surface area contributed by atoms with Gasteiger partial charge in [0.05, 0.1) is 11.2 Å². The number of para-hydroxylation sites is 1. The molecule has 3 heteroatoms. The molecule has 1 aromatic heterocycles. The lowest BCUT2D eigenvalue weighted by Gasteiger charge is -2.46. The van der Waals surface area contributed by atoms with E-state index in [0.29, 0.717) is 5.92 Å². The number of isothiocyanates is 1. The third kappa shape index (κ3) is 2.68. The Labute approximate surface area is 149 Å². The Morgan fingerprint density at radius 1 is 1.46 bits per heavy atom. The lowest BCUT2D eigenvalue weighted by Crippen LogP contribution is -2.42. The molecule has 1 N–H and O–H groups in total. The van der Waals surface area contributed by atoms with Crippen LogP contribution >= 0.6 is 12.2 Å². The Hall–Kier alpha value is -1.96. The molecule has 0 spiro atoms. The molecule has 1 aliphatic carbocycles. The Bertz CT molecular complexity index is 827. The number of aromatic amines is 1. The maximum Gasteiger partial charge on any atom is 0.0765 e. The zero-order valence-corrected chi connectivity index (χ0v) is 15.2. The molecule has 3 rings (SSSR count). The van der Waals surface area contributed by atoms with Gasteiger partial charge in [0.1, 0.15) is 0 Å². The van der Waals surface area contributed by atoms with Crippen molar-refractivity contribution in [1.29, 1.82) is 0 Å². The molecule has 1 aliphatic rings. The van der Waals surface area contributed by atoms with Crippen LogP contribution in [0.4, 0.5) is 0 Å². The van der Waals surface area contributed by atoms with Gasteiger partial charge in [-0.05, 0) is 49.5 Å². The first-order chi connectivity index (χ1) is 11.5. The summed E-state index contributed by atoms with van der Waals surface area (Å²) in [5.41, 5.74) is 3.58. The number of thiocarbonyl (C=S) groups is 1. The number of fused-ring (bicyclic) bond motifs is 1. The van der Waals surface area contributed by atoms with Crippen LogP contribution in [0.15, 0.2) is 60.3 Å². The summed E-state index contributed by atoms with van der Waals surface area (Å²) in [6, 6.07) is 8.46. The maximum absolute atomic E-state index is 4.98. The SMILES string of the molecule is C=C[C@]1(C)CC[C@@H](C(=C)C)[C@H](c2c[nH]c3ccccc23)[C@@H]1N=C=S. The topological polar surface area (TPSA) is 28.1 Å². The van der Waals surface area contributed by atoms with Gasteiger partial charge in [0.15, 0.2) is 0 Å². The van der Waals surface area contributed by atoms with E-state index in [1.54, 1.807) is 0 Å². The van der Waals surface area contributed by atoms with Crippen LogP contribution in [0.3, 0.4) is 0 Å². The number of hydrogen-bond donors (Lipinski definition) is 1. The van der Waals surface area contributed by atoms with E-state index in [2.05, 4.69) is 72.6 Å². The highest BCUT2D eigenvalue weighted by Crippen LogP contribution is 2.52. The minimum Gasteiger partial charge on any atom is -0.361 e. The van der Waals surface area contributed by atoms with Crippen LogP contribution in [0.2, 0.25) is 0 Å². The third-order valence-electron chi connectivity index (χ3n) is 5.71. The minimum atomic E-state index is -0.0825. The molecular weight excluding hydrogens is 312 g/mol. The zero-order valence-electron chi connectivity index (χ0n) is 14.4. The molecule has 2 aromatic rings. The average molecular weight is 337 g/mol. The number of nitrogens with zero attached hydrogens (tertiary/aromatic N) is 1. The van der Waals surface area contributed by atoms with Gasteiger partial charge < -0.3 is 4.98 Å². The first kappa shape index (κ1) is 16.9. The predicted octanol–water partition coefficient (Wildman–Crippen LogP) is 5.90. The zero-order chi connectivity index (χ0) is 17.3. The number of hydrogen-bond acceptors (Lipinski definition) is 2. The molecule has 1 saturated carbocycles. The van der Waals surface area contributed by atoms with Gasteiger partial charge in [0.25, 0.3) is 0 Å². The van der Waals surface area contributed by atoms with E-state index in [9.17, 15) is 0 Å². The molecule has 1 fully saturated rings. The molecule has 0 unspecified atom stereocenters. The van der Waals surface area contributed by atoms with Crippen molar-refractivity contribution in [3.8, 4) is 0 Å². The van der Waals surface area contributed by atoms with Crippen molar-refractivity contribution in [3.05, 3.63) is 60.8 Å². The molecule has 0 aliphatic heterocycles. The summed E-state index contributed by atoms with van der Waals surface area (Å²) in [4.78, 5) is 8.03. The van der Waals surface area contributed by atoms with Crippen molar-refractivity contribution in [3.63, 3.8) is 0 Å². The lowest BCUT2D eigenvalue weighted by atomic mass is 9.59. The fourth-order valence-electron chi connectivity index (χ4n) is 4.24. The molecule has 0 amide bonds. The largest absolute Gasteiger partial charge is 0.361 e. The van der Waals surface area contributed by atoms with Gasteiger partial charge >= 0.3 is 0 Å². The highest BCUT2D eigenvalue weighted by Gasteiger charge is 2.46. The smallest absolute Gasteiger partial charge is 0.0765 e. The normalized spacial score (nSPS) is 29.8. The summed E-state index contributed by atoms with van der Waals surface area (Å²) in [6.07, 6.45) is 6.31. The quantitative estimate of drug-likeness (QED) is 0.420. The van der Waals surface area contributed by atoms with Gasteiger partial charge in [0, 0.05) is 28.4 Å². The second-order valence-electron chi connectivity index (χ2n) is 7.18. The second-order valence-corrected chi connectivity index (χ2v) is 7.36. The van der Waals surface area contributed by atoms with E-state index < -0.39 is 0 Å². The van der Waals surface area contributed by atoms with Crippen LogP contribution in [-0.4, -0.2) is 16.2 Å². The van der Waals surface area contributed by atoms with Gasteiger partial charge in [-0.15, -0.1) is 6.58 Å². The predicted molar refractivity (Wildman–Crippen MR) is 106 cm³/mol. The van der Waals surface area contributed by atoms with Gasteiger partial charge in [-0.2, -0.15) is 0 Å². The Morgan fingerprint density at radius 2 is 2.21 bits per heavy atom. The van der Waals surface area contributed by atoms with E-state index in [-0.39, 0.29) is 17.4 Å². The van der Waals surface area contributed by atoms with Gasteiger partial charge in [0.2, 0.25) is 0 Å². The molecule has 2 nitrogen and oxygen atoms in total. The Balaban J connectivity index is 2.21. The number of H-pyrrole nitrogens is 1. The van der Waals surface area contributed by atoms with Crippen LogP contribution in [0.1, 0.15) is 38.2 Å². The molecular formula is C21H24N2S. The van der Waals surface area contributed by atoms with Gasteiger partial charge in [-0.1, -0.05) is 43.4 Å². The fraction of sp³-hybridized carbons (Fsp3) is 0.381. The number of allylic oxidation sites excluding steroid dienone is 1. The molecule has 24 heavy (non-hydrogen) atoms. The summed E-state index contributed by atoms with van der Waals surface area (Å²) < 4.78 is 0. The van der Waals surface area contributed by atoms with Crippen molar-refractivity contribution in [2.24, 2.45) is 16.3 Å². The fourth-order valence-corrected chi connectivity index (χ4v) is 4.35. The third-order valence-corrected chi connectivity index (χ3v) is 5.82. The average Bonchev–Trinajstić information content (AvgIpc) is 3.00. The summed E-state index contributed by atoms with van der Waals surface area (Å²) in [5, 5.41) is 3.90. The number of aliphatic imine (C=N–C) groups is 1. The summed E-state index contributed by atoms with van der Waals surface area (Å²) in [5.74, 6) is 0.611. The maximum atomic E-state index is 4.98. The summed E-state index contributed by atoms with van der Waals surface area (Å²) >= 11 is 4.98. The van der Waals surface area contributed by atoms with Crippen LogP contribution in [0, 0.1) is 11.3 Å². The number of aromatic nitrogens is 1. The Morgan fingerprint density at radius 3 is 2.88 bits per heavy atom. The van der Waals surface area contributed by atoms with Crippen LogP contribution in [0.5, 0.6) is 0 Å². The van der Waals surface area contributed by atoms with Crippen LogP contribution < -0.4 is 0 Å². The molecule has 1 heterocycles. The Kier molecular flexibility index (Phi) is 4.58. The van der Waals surface area contributed by atoms with Crippen LogP contribution in [-0.2, 0) is 0 Å². The van der Waals surface area contributed by atoms with Crippen molar-refractivity contribution in [2.45, 2.75) is 38.6 Å². The molecule has 4 atom stereocenters. The molecule has 0 radical (unpaired) electrons. The molecule has 0 bridgehead atoms. The number of benzene rings is 1. The molecule has 124 valence electrons. The second kappa shape index (κ2) is 6.51.